The fourth-order valence-electron chi connectivity index (χ4n) is 5.03. The first-order chi connectivity index (χ1) is 17.4. The van der Waals surface area contributed by atoms with Gasteiger partial charge >= 0.3 is 0 Å². The van der Waals surface area contributed by atoms with E-state index >= 15 is 0 Å². The summed E-state index contributed by atoms with van der Waals surface area (Å²) in [5.41, 5.74) is 1.80. The van der Waals surface area contributed by atoms with Crippen LogP contribution in [0.15, 0.2) is 18.3 Å². The molecule has 0 atom stereocenters. The average molecular weight is 505 g/mol. The van der Waals surface area contributed by atoms with Crippen LogP contribution >= 0.6 is 11.6 Å². The van der Waals surface area contributed by atoms with Crippen molar-refractivity contribution in [2.45, 2.75) is 26.2 Å². The summed E-state index contributed by atoms with van der Waals surface area (Å²) in [4.78, 5) is 28.9. The Balaban J connectivity index is 1.47. The number of nitrogens with one attached hydrogen (secondary N) is 2. The molecule has 3 aromatic rings. The molecule has 1 aromatic carbocycles. The zero-order valence-electron chi connectivity index (χ0n) is 20.0. The molecular weight excluding hydrogens is 480 g/mol. The zero-order chi connectivity index (χ0) is 25.4. The molecule has 4 heterocycles. The summed E-state index contributed by atoms with van der Waals surface area (Å²) in [7, 11) is 1.86. The van der Waals surface area contributed by atoms with Crippen LogP contribution in [0.2, 0.25) is 5.02 Å². The number of fused-ring (bicyclic) bond motifs is 1. The minimum Gasteiger partial charge on any atom is -0.370 e. The number of likely N-dealkylation sites (tertiary alicyclic amines) is 1. The van der Waals surface area contributed by atoms with Crippen LogP contribution in [0, 0.1) is 23.3 Å². The number of benzene rings is 1. The molecule has 2 saturated heterocycles. The summed E-state index contributed by atoms with van der Waals surface area (Å²) in [5, 5.41) is 20.8. The highest BCUT2D eigenvalue weighted by atomic mass is 35.5. The molecule has 12 heteroatoms. The number of aromatic nitrogens is 4. The van der Waals surface area contributed by atoms with Crippen molar-refractivity contribution in [2.24, 2.45) is 5.41 Å². The van der Waals surface area contributed by atoms with Gasteiger partial charge in [-0.05, 0) is 38.3 Å². The molecular formula is C24H25ClN10O. The minimum atomic E-state index is -0.289. The Hall–Kier alpha value is -4.09. The smallest absolute Gasteiger partial charge is 0.275 e. The molecule has 0 aliphatic carbocycles. The van der Waals surface area contributed by atoms with Gasteiger partial charge in [-0.2, -0.15) is 10.2 Å². The van der Waals surface area contributed by atoms with Gasteiger partial charge in [0.15, 0.2) is 5.82 Å². The van der Waals surface area contributed by atoms with Crippen molar-refractivity contribution in [3.05, 3.63) is 40.3 Å². The Morgan fingerprint density at radius 1 is 1.28 bits per heavy atom. The van der Waals surface area contributed by atoms with E-state index in [0.717, 1.165) is 31.5 Å². The van der Waals surface area contributed by atoms with Crippen molar-refractivity contribution in [3.63, 3.8) is 0 Å². The van der Waals surface area contributed by atoms with Crippen LogP contribution in [0.4, 0.5) is 29.0 Å². The van der Waals surface area contributed by atoms with Crippen molar-refractivity contribution in [2.75, 3.05) is 48.8 Å². The lowest BCUT2D eigenvalue weighted by atomic mass is 9.77. The van der Waals surface area contributed by atoms with Gasteiger partial charge < -0.3 is 25.3 Å². The van der Waals surface area contributed by atoms with Crippen LogP contribution in [-0.4, -0.2) is 63.6 Å². The molecule has 0 saturated carbocycles. The molecule has 2 aliphatic heterocycles. The van der Waals surface area contributed by atoms with Gasteiger partial charge in [-0.3, -0.25) is 4.79 Å². The maximum Gasteiger partial charge on any atom is 0.275 e. The fourth-order valence-corrected chi connectivity index (χ4v) is 5.31. The molecule has 2 fully saturated rings. The van der Waals surface area contributed by atoms with Crippen molar-refractivity contribution < 1.29 is 4.79 Å². The van der Waals surface area contributed by atoms with Gasteiger partial charge in [0.1, 0.15) is 0 Å². The van der Waals surface area contributed by atoms with Crippen molar-refractivity contribution in [1.29, 1.82) is 5.26 Å². The Labute approximate surface area is 213 Å². The van der Waals surface area contributed by atoms with Crippen molar-refractivity contribution in [1.82, 2.24) is 24.5 Å². The standard InChI is InChI=1S/C24H25ClN10O/c1-4-28-20-21-29-14-18(27-2)35(21)32-23(31-20)30-16-11-15(13-26)12-17(19(16)25)34-9-6-24(7-10-34)5-8-33(3)22(24)36/h11-12,14H,4-10H2,1,3H3,(H2,28,30,31,32). The minimum absolute atomic E-state index is 0.210. The van der Waals surface area contributed by atoms with Gasteiger partial charge in [-0.15, -0.1) is 4.52 Å². The molecule has 0 radical (unpaired) electrons. The summed E-state index contributed by atoms with van der Waals surface area (Å²) in [6.07, 6.45) is 3.82. The highest BCUT2D eigenvalue weighted by molar-refractivity contribution is 6.36. The quantitative estimate of drug-likeness (QED) is 0.503. The van der Waals surface area contributed by atoms with Crippen LogP contribution in [0.5, 0.6) is 0 Å². The fraction of sp³-hybridized carbons (Fsp3) is 0.417. The van der Waals surface area contributed by atoms with Gasteiger partial charge in [0, 0.05) is 33.2 Å². The summed E-state index contributed by atoms with van der Waals surface area (Å²) in [6.45, 7) is 12.1. The van der Waals surface area contributed by atoms with Gasteiger partial charge in [0.05, 0.1) is 39.6 Å². The van der Waals surface area contributed by atoms with Gasteiger partial charge in [0.25, 0.3) is 17.4 Å². The lowest BCUT2D eigenvalue weighted by Gasteiger charge is -2.39. The predicted molar refractivity (Wildman–Crippen MR) is 137 cm³/mol. The number of carbonyl (C=O) groups excluding carboxylic acids is 1. The lowest BCUT2D eigenvalue weighted by Crippen LogP contribution is -2.44. The average Bonchev–Trinajstić information content (AvgIpc) is 3.43. The Kier molecular flexibility index (Phi) is 6.02. The van der Waals surface area contributed by atoms with E-state index in [2.05, 4.69) is 41.5 Å². The second-order valence-corrected chi connectivity index (χ2v) is 9.49. The van der Waals surface area contributed by atoms with Gasteiger partial charge in [0.2, 0.25) is 5.91 Å². The number of rotatable bonds is 5. The molecule has 11 nitrogen and oxygen atoms in total. The molecule has 5 rings (SSSR count). The number of halogens is 1. The monoisotopic (exact) mass is 504 g/mol. The highest BCUT2D eigenvalue weighted by Gasteiger charge is 2.47. The summed E-state index contributed by atoms with van der Waals surface area (Å²) >= 11 is 6.85. The van der Waals surface area contributed by atoms with E-state index in [9.17, 15) is 10.1 Å². The molecule has 1 spiro atoms. The third-order valence-corrected chi connectivity index (χ3v) is 7.42. The van der Waals surface area contributed by atoms with Crippen LogP contribution in [0.25, 0.3) is 10.5 Å². The second-order valence-electron chi connectivity index (χ2n) is 9.12. The van der Waals surface area contributed by atoms with E-state index in [0.29, 0.717) is 47.4 Å². The van der Waals surface area contributed by atoms with Gasteiger partial charge in [-0.1, -0.05) is 23.3 Å². The summed E-state index contributed by atoms with van der Waals surface area (Å²) in [5.74, 6) is 1.16. The number of nitriles is 1. The summed E-state index contributed by atoms with van der Waals surface area (Å²) in [6, 6.07) is 5.63. The molecule has 36 heavy (non-hydrogen) atoms. The van der Waals surface area contributed by atoms with Crippen molar-refractivity contribution >= 4 is 52.1 Å². The third kappa shape index (κ3) is 3.91. The number of nitrogens with zero attached hydrogens (tertiary/aromatic N) is 8. The van der Waals surface area contributed by atoms with Crippen LogP contribution in [0.3, 0.4) is 0 Å². The van der Waals surface area contributed by atoms with E-state index in [-0.39, 0.29) is 23.1 Å². The molecule has 1 amide bonds. The highest BCUT2D eigenvalue weighted by Crippen LogP contribution is 2.44. The maximum absolute atomic E-state index is 12.7. The molecule has 2 aromatic heterocycles. The lowest BCUT2D eigenvalue weighted by molar-refractivity contribution is -0.135. The topological polar surface area (TPSA) is 119 Å². The number of imidazole rings is 1. The number of carbonyl (C=O) groups is 1. The number of anilines is 4. The summed E-state index contributed by atoms with van der Waals surface area (Å²) < 4.78 is 1.42. The van der Waals surface area contributed by atoms with E-state index in [1.165, 1.54) is 10.7 Å². The first-order valence-electron chi connectivity index (χ1n) is 11.8. The van der Waals surface area contributed by atoms with Crippen LogP contribution in [-0.2, 0) is 4.79 Å². The predicted octanol–water partition coefficient (Wildman–Crippen LogP) is 3.82. The molecule has 0 unspecified atom stereocenters. The van der Waals surface area contributed by atoms with Crippen LogP contribution < -0.4 is 15.5 Å². The van der Waals surface area contributed by atoms with Gasteiger partial charge in [-0.25, -0.2) is 4.98 Å². The molecule has 2 N–H and O–H groups in total. The van der Waals surface area contributed by atoms with E-state index in [1.807, 2.05) is 18.9 Å². The third-order valence-electron chi connectivity index (χ3n) is 7.02. The Bertz CT molecular complexity index is 1430. The van der Waals surface area contributed by atoms with Crippen LogP contribution in [0.1, 0.15) is 31.7 Å². The van der Waals surface area contributed by atoms with E-state index in [4.69, 9.17) is 18.2 Å². The second kappa shape index (κ2) is 9.17. The number of hydrogen-bond donors (Lipinski definition) is 2. The van der Waals surface area contributed by atoms with E-state index < -0.39 is 0 Å². The molecule has 2 aliphatic rings. The Morgan fingerprint density at radius 3 is 2.67 bits per heavy atom. The first kappa shape index (κ1) is 23.6. The normalized spacial score (nSPS) is 16.9. The molecule has 184 valence electrons. The molecule has 0 bridgehead atoms. The SMILES string of the molecule is [C-]#[N+]c1cnc2c(NCC)nc(Nc3cc(C#N)cc(N4CCC5(CCN(C)C5=O)CC4)c3Cl)nn12. The zero-order valence-corrected chi connectivity index (χ0v) is 20.8. The number of piperidine rings is 1. The maximum atomic E-state index is 12.7. The number of hydrogen-bond acceptors (Lipinski definition) is 8. The first-order valence-corrected chi connectivity index (χ1v) is 12.1. The largest absolute Gasteiger partial charge is 0.370 e. The van der Waals surface area contributed by atoms with E-state index in [1.54, 1.807) is 12.1 Å². The Morgan fingerprint density at radius 2 is 2.03 bits per heavy atom. The van der Waals surface area contributed by atoms with Crippen molar-refractivity contribution in [3.8, 4) is 6.07 Å². The number of amides is 1.